The predicted molar refractivity (Wildman–Crippen MR) is 54.5 cm³/mol. The predicted octanol–water partition coefficient (Wildman–Crippen LogP) is 1.24. The van der Waals surface area contributed by atoms with Gasteiger partial charge in [-0.1, -0.05) is 11.6 Å². The van der Waals surface area contributed by atoms with Crippen LogP contribution in [-0.4, -0.2) is 23.5 Å². The molecule has 0 spiro atoms. The maximum absolute atomic E-state index is 11.1. The van der Waals surface area contributed by atoms with Gasteiger partial charge in [-0.2, -0.15) is 0 Å². The van der Waals surface area contributed by atoms with Crippen LogP contribution in [0.5, 0.6) is 0 Å². The summed E-state index contributed by atoms with van der Waals surface area (Å²) in [5.74, 6) is -0.592. The van der Waals surface area contributed by atoms with Gasteiger partial charge in [0, 0.05) is 13.1 Å². The van der Waals surface area contributed by atoms with E-state index in [4.69, 9.17) is 11.6 Å². The third-order valence-corrected chi connectivity index (χ3v) is 1.62. The first-order chi connectivity index (χ1) is 7.08. The van der Waals surface area contributed by atoms with Gasteiger partial charge in [0.05, 0.1) is 5.02 Å². The van der Waals surface area contributed by atoms with Crippen LogP contribution in [0.2, 0.25) is 5.02 Å². The molecular weight excluding hydrogens is 220 g/mol. The van der Waals surface area contributed by atoms with E-state index in [2.05, 4.69) is 15.0 Å². The molecule has 1 aromatic heterocycles. The van der Waals surface area contributed by atoms with E-state index in [1.165, 1.54) is 13.1 Å². The second-order valence-corrected chi connectivity index (χ2v) is 3.13. The number of esters is 1. The highest BCUT2D eigenvalue weighted by atomic mass is 35.5. The number of nitrogens with one attached hydrogen (secondary N) is 1. The van der Waals surface area contributed by atoms with Crippen LogP contribution in [0.1, 0.15) is 6.92 Å². The quantitative estimate of drug-likeness (QED) is 0.791. The van der Waals surface area contributed by atoms with Gasteiger partial charge < -0.3 is 10.1 Å². The SMILES string of the molecule is CC(=O)OCC(=O)Nc1ccc(Cl)cn1. The summed E-state index contributed by atoms with van der Waals surface area (Å²) in [6, 6.07) is 3.14. The smallest absolute Gasteiger partial charge is 0.303 e. The van der Waals surface area contributed by atoms with Crippen LogP contribution in [0, 0.1) is 0 Å². The highest BCUT2D eigenvalue weighted by Crippen LogP contribution is 2.09. The molecule has 0 bridgehead atoms. The van der Waals surface area contributed by atoms with E-state index in [1.807, 2.05) is 0 Å². The summed E-state index contributed by atoms with van der Waals surface area (Å²) in [5, 5.41) is 2.92. The average Bonchev–Trinajstić information content (AvgIpc) is 2.19. The molecule has 0 saturated heterocycles. The normalized spacial score (nSPS) is 9.47. The molecule has 0 aromatic carbocycles. The lowest BCUT2D eigenvalue weighted by Gasteiger charge is -2.03. The second kappa shape index (κ2) is 5.31. The van der Waals surface area contributed by atoms with Crippen molar-refractivity contribution in [2.45, 2.75) is 6.92 Å². The van der Waals surface area contributed by atoms with Crippen LogP contribution in [0.25, 0.3) is 0 Å². The lowest BCUT2D eigenvalue weighted by Crippen LogP contribution is -2.20. The molecule has 0 saturated carbocycles. The maximum Gasteiger partial charge on any atom is 0.303 e. The molecule has 1 amide bonds. The van der Waals surface area contributed by atoms with Gasteiger partial charge in [-0.25, -0.2) is 4.98 Å². The molecule has 0 atom stereocenters. The number of carbonyl (C=O) groups is 2. The third-order valence-electron chi connectivity index (χ3n) is 1.40. The van der Waals surface area contributed by atoms with Crippen LogP contribution in [-0.2, 0) is 14.3 Å². The van der Waals surface area contributed by atoms with Gasteiger partial charge in [-0.15, -0.1) is 0 Å². The highest BCUT2D eigenvalue weighted by Gasteiger charge is 2.04. The Labute approximate surface area is 91.4 Å². The van der Waals surface area contributed by atoms with Crippen LogP contribution in [0.3, 0.4) is 0 Å². The Morgan fingerprint density at radius 1 is 1.53 bits per heavy atom. The summed E-state index contributed by atoms with van der Waals surface area (Å²) >= 11 is 5.61. The number of amides is 1. The molecule has 15 heavy (non-hydrogen) atoms. The lowest BCUT2D eigenvalue weighted by atomic mass is 10.4. The number of rotatable bonds is 3. The largest absolute Gasteiger partial charge is 0.456 e. The Morgan fingerprint density at radius 2 is 2.27 bits per heavy atom. The van der Waals surface area contributed by atoms with Gasteiger partial charge in [0.1, 0.15) is 5.82 Å². The van der Waals surface area contributed by atoms with Gasteiger partial charge >= 0.3 is 5.97 Å². The monoisotopic (exact) mass is 228 g/mol. The van der Waals surface area contributed by atoms with Crippen molar-refractivity contribution in [3.63, 3.8) is 0 Å². The summed E-state index contributed by atoms with van der Waals surface area (Å²) in [5.41, 5.74) is 0. The van der Waals surface area contributed by atoms with Crippen molar-refractivity contribution >= 4 is 29.3 Å². The third kappa shape index (κ3) is 4.42. The van der Waals surface area contributed by atoms with E-state index in [-0.39, 0.29) is 6.61 Å². The Kier molecular flexibility index (Phi) is 4.05. The Balaban J connectivity index is 2.44. The summed E-state index contributed by atoms with van der Waals surface area (Å²) < 4.78 is 4.49. The topological polar surface area (TPSA) is 68.3 Å². The van der Waals surface area contributed by atoms with Crippen molar-refractivity contribution in [2.24, 2.45) is 0 Å². The number of hydrogen-bond acceptors (Lipinski definition) is 4. The van der Waals surface area contributed by atoms with Gasteiger partial charge in [0.25, 0.3) is 5.91 Å². The molecule has 0 aliphatic carbocycles. The van der Waals surface area contributed by atoms with Crippen molar-refractivity contribution < 1.29 is 14.3 Å². The fourth-order valence-electron chi connectivity index (χ4n) is 0.796. The van der Waals surface area contributed by atoms with Crippen molar-refractivity contribution in [3.8, 4) is 0 Å². The molecule has 0 radical (unpaired) electrons. The second-order valence-electron chi connectivity index (χ2n) is 2.69. The zero-order valence-corrected chi connectivity index (χ0v) is 8.75. The molecule has 0 fully saturated rings. The number of carbonyl (C=O) groups excluding carboxylic acids is 2. The van der Waals surface area contributed by atoms with E-state index < -0.39 is 11.9 Å². The zero-order chi connectivity index (χ0) is 11.3. The summed E-state index contributed by atoms with van der Waals surface area (Å²) in [7, 11) is 0. The maximum atomic E-state index is 11.1. The fourth-order valence-corrected chi connectivity index (χ4v) is 0.908. The van der Waals surface area contributed by atoms with Crippen LogP contribution in [0.15, 0.2) is 18.3 Å². The summed E-state index contributed by atoms with van der Waals surface area (Å²) in [4.78, 5) is 25.4. The van der Waals surface area contributed by atoms with E-state index in [0.717, 1.165) is 0 Å². The molecule has 1 heterocycles. The molecule has 1 aromatic rings. The molecule has 6 heteroatoms. The number of aromatic nitrogens is 1. The molecule has 1 N–H and O–H groups in total. The molecule has 80 valence electrons. The van der Waals surface area contributed by atoms with Crippen LogP contribution >= 0.6 is 11.6 Å². The fraction of sp³-hybridized carbons (Fsp3) is 0.222. The summed E-state index contributed by atoms with van der Waals surface area (Å²) in [6.07, 6.45) is 1.41. The number of pyridine rings is 1. The molecule has 1 rings (SSSR count). The van der Waals surface area contributed by atoms with Gasteiger partial charge in [0.15, 0.2) is 6.61 Å². The van der Waals surface area contributed by atoms with Crippen LogP contribution < -0.4 is 5.32 Å². The molecule has 5 nitrogen and oxygen atoms in total. The minimum Gasteiger partial charge on any atom is -0.456 e. The van der Waals surface area contributed by atoms with E-state index >= 15 is 0 Å². The minimum atomic E-state index is -0.505. The number of halogens is 1. The zero-order valence-electron chi connectivity index (χ0n) is 7.99. The standard InChI is InChI=1S/C9H9ClN2O3/c1-6(13)15-5-9(14)12-8-3-2-7(10)4-11-8/h2-4H,5H2,1H3,(H,11,12,14). The highest BCUT2D eigenvalue weighted by molar-refractivity contribution is 6.30. The first kappa shape index (κ1) is 11.5. The van der Waals surface area contributed by atoms with Gasteiger partial charge in [-0.05, 0) is 12.1 Å². The number of nitrogens with zero attached hydrogens (tertiary/aromatic N) is 1. The van der Waals surface area contributed by atoms with Crippen molar-refractivity contribution in [1.29, 1.82) is 0 Å². The average molecular weight is 229 g/mol. The first-order valence-corrected chi connectivity index (χ1v) is 4.50. The molecular formula is C9H9ClN2O3. The van der Waals surface area contributed by atoms with Crippen molar-refractivity contribution in [2.75, 3.05) is 11.9 Å². The van der Waals surface area contributed by atoms with E-state index in [0.29, 0.717) is 10.8 Å². The number of anilines is 1. The first-order valence-electron chi connectivity index (χ1n) is 4.12. The number of hydrogen-bond donors (Lipinski definition) is 1. The van der Waals surface area contributed by atoms with Crippen molar-refractivity contribution in [3.05, 3.63) is 23.4 Å². The van der Waals surface area contributed by atoms with E-state index in [9.17, 15) is 9.59 Å². The number of ether oxygens (including phenoxy) is 1. The van der Waals surface area contributed by atoms with Crippen molar-refractivity contribution in [1.82, 2.24) is 4.98 Å². The Bertz CT molecular complexity index is 364. The van der Waals surface area contributed by atoms with Gasteiger partial charge in [0.2, 0.25) is 0 Å². The summed E-state index contributed by atoms with van der Waals surface area (Å²) in [6.45, 7) is 0.910. The molecule has 0 aliphatic heterocycles. The van der Waals surface area contributed by atoms with Gasteiger partial charge in [-0.3, -0.25) is 9.59 Å². The minimum absolute atomic E-state index is 0.320. The Hall–Kier alpha value is -1.62. The van der Waals surface area contributed by atoms with E-state index in [1.54, 1.807) is 12.1 Å². The molecule has 0 aliphatic rings. The molecule has 0 unspecified atom stereocenters. The van der Waals surface area contributed by atoms with Crippen LogP contribution in [0.4, 0.5) is 5.82 Å². The Morgan fingerprint density at radius 3 is 2.80 bits per heavy atom. The lowest BCUT2D eigenvalue weighted by molar-refractivity contribution is -0.144.